The summed E-state index contributed by atoms with van der Waals surface area (Å²) in [6.07, 6.45) is 4.11. The van der Waals surface area contributed by atoms with Crippen LogP contribution in [-0.2, 0) is 16.1 Å². The molecule has 3 aromatic rings. The predicted octanol–water partition coefficient (Wildman–Crippen LogP) is 6.74. The van der Waals surface area contributed by atoms with Gasteiger partial charge in [0, 0.05) is 41.7 Å². The van der Waals surface area contributed by atoms with E-state index in [4.69, 9.17) is 9.47 Å². The number of hydrogen-bond acceptors (Lipinski definition) is 6. The van der Waals surface area contributed by atoms with Crippen LogP contribution < -0.4 is 9.64 Å². The molecule has 1 atom stereocenters. The van der Waals surface area contributed by atoms with E-state index in [-0.39, 0.29) is 17.8 Å². The lowest BCUT2D eigenvalue weighted by Gasteiger charge is -2.40. The minimum Gasteiger partial charge on any atom is -0.487 e. The standard InChI is InChI=1S/C31H38FN3O4/c1-20-26(28(29(36)37)39-30(2,3)4)27(35-15-13-31(5,6)14-16-35)23(18-33-20)25-12-11-22(17-34-25)38-19-21-9-7-8-10-24(21)32/h7-12,17-18,28H,13-16,19H2,1-6H3,(H,36,37). The topological polar surface area (TPSA) is 84.8 Å². The molecule has 1 saturated heterocycles. The Balaban J connectivity index is 1.74. The number of piperidine rings is 1. The minimum atomic E-state index is -1.19. The van der Waals surface area contributed by atoms with E-state index in [1.54, 1.807) is 36.7 Å². The Kier molecular flexibility index (Phi) is 8.25. The number of benzene rings is 1. The number of carbonyl (C=O) groups is 1. The molecule has 3 heterocycles. The lowest BCUT2D eigenvalue weighted by atomic mass is 9.82. The monoisotopic (exact) mass is 535 g/mol. The van der Waals surface area contributed by atoms with Crippen molar-refractivity contribution >= 4 is 11.7 Å². The van der Waals surface area contributed by atoms with Crippen molar-refractivity contribution in [2.75, 3.05) is 18.0 Å². The summed E-state index contributed by atoms with van der Waals surface area (Å²) in [6, 6.07) is 10.1. The molecule has 1 N–H and O–H groups in total. The summed E-state index contributed by atoms with van der Waals surface area (Å²) in [6.45, 7) is 13.5. The van der Waals surface area contributed by atoms with Crippen molar-refractivity contribution in [3.63, 3.8) is 0 Å². The first kappa shape index (κ1) is 28.5. The van der Waals surface area contributed by atoms with E-state index in [2.05, 4.69) is 28.7 Å². The Hall–Kier alpha value is -3.52. The molecule has 2 aromatic heterocycles. The van der Waals surface area contributed by atoms with Gasteiger partial charge in [0.2, 0.25) is 0 Å². The number of hydrogen-bond donors (Lipinski definition) is 1. The number of halogens is 1. The first-order valence-corrected chi connectivity index (χ1v) is 13.3. The van der Waals surface area contributed by atoms with E-state index in [0.29, 0.717) is 28.3 Å². The number of carboxylic acid groups (broad SMARTS) is 1. The molecular formula is C31H38FN3O4. The van der Waals surface area contributed by atoms with Crippen LogP contribution in [0.25, 0.3) is 11.3 Å². The number of aromatic nitrogens is 2. The van der Waals surface area contributed by atoms with E-state index in [9.17, 15) is 14.3 Å². The smallest absolute Gasteiger partial charge is 0.337 e. The second kappa shape index (κ2) is 11.3. The number of ether oxygens (including phenoxy) is 2. The summed E-state index contributed by atoms with van der Waals surface area (Å²) in [5, 5.41) is 10.3. The van der Waals surface area contributed by atoms with Crippen LogP contribution in [0.3, 0.4) is 0 Å². The molecule has 0 aliphatic carbocycles. The molecule has 0 saturated carbocycles. The van der Waals surface area contributed by atoms with Crippen LogP contribution in [0.4, 0.5) is 10.1 Å². The van der Waals surface area contributed by atoms with E-state index in [1.165, 1.54) is 6.07 Å². The van der Waals surface area contributed by atoms with Gasteiger partial charge in [0.25, 0.3) is 0 Å². The number of aliphatic carboxylic acids is 1. The van der Waals surface area contributed by atoms with Crippen LogP contribution in [0.2, 0.25) is 0 Å². The predicted molar refractivity (Wildman–Crippen MR) is 149 cm³/mol. The van der Waals surface area contributed by atoms with Crippen LogP contribution in [-0.4, -0.2) is 39.7 Å². The highest BCUT2D eigenvalue weighted by Crippen LogP contribution is 2.43. The summed E-state index contributed by atoms with van der Waals surface area (Å²) in [5.74, 6) is -0.876. The lowest BCUT2D eigenvalue weighted by molar-refractivity contribution is -0.160. The number of carboxylic acids is 1. The second-order valence-electron chi connectivity index (χ2n) is 11.9. The van der Waals surface area contributed by atoms with Crippen LogP contribution in [0.15, 0.2) is 48.8 Å². The summed E-state index contributed by atoms with van der Waals surface area (Å²) in [5.41, 5.74) is 3.33. The molecule has 1 unspecified atom stereocenters. The molecular weight excluding hydrogens is 497 g/mol. The minimum absolute atomic E-state index is 0.0865. The maximum absolute atomic E-state index is 14.0. The average molecular weight is 536 g/mol. The van der Waals surface area contributed by atoms with Gasteiger partial charge in [0.1, 0.15) is 18.2 Å². The SMILES string of the molecule is Cc1ncc(-c2ccc(OCc3ccccc3F)cn2)c(N2CCC(C)(C)CC2)c1C(OC(C)(C)C)C(=O)O. The Labute approximate surface area is 230 Å². The first-order chi connectivity index (χ1) is 18.3. The molecule has 0 bridgehead atoms. The van der Waals surface area contributed by atoms with Gasteiger partial charge < -0.3 is 19.5 Å². The fourth-order valence-electron chi connectivity index (χ4n) is 4.77. The van der Waals surface area contributed by atoms with Crippen LogP contribution in [0.5, 0.6) is 5.75 Å². The maximum Gasteiger partial charge on any atom is 0.337 e. The number of rotatable bonds is 8. The summed E-state index contributed by atoms with van der Waals surface area (Å²) >= 11 is 0. The summed E-state index contributed by atoms with van der Waals surface area (Å²) in [7, 11) is 0. The third-order valence-electron chi connectivity index (χ3n) is 7.04. The van der Waals surface area contributed by atoms with Gasteiger partial charge in [-0.3, -0.25) is 9.97 Å². The zero-order chi connectivity index (χ0) is 28.4. The number of aryl methyl sites for hydroxylation is 1. The number of nitrogens with zero attached hydrogens (tertiary/aromatic N) is 3. The highest BCUT2D eigenvalue weighted by molar-refractivity contribution is 5.85. The largest absolute Gasteiger partial charge is 0.487 e. The average Bonchev–Trinajstić information content (AvgIpc) is 2.87. The van der Waals surface area contributed by atoms with Gasteiger partial charge >= 0.3 is 5.97 Å². The Morgan fingerprint density at radius 3 is 2.38 bits per heavy atom. The van der Waals surface area contributed by atoms with E-state index < -0.39 is 17.7 Å². The molecule has 1 fully saturated rings. The molecule has 0 amide bonds. The van der Waals surface area contributed by atoms with Gasteiger partial charge in [-0.05, 0) is 64.2 Å². The summed E-state index contributed by atoms with van der Waals surface area (Å²) in [4.78, 5) is 24.0. The highest BCUT2D eigenvalue weighted by Gasteiger charge is 2.36. The molecule has 1 aromatic carbocycles. The number of pyridine rings is 2. The van der Waals surface area contributed by atoms with Crippen molar-refractivity contribution in [2.45, 2.75) is 72.7 Å². The van der Waals surface area contributed by atoms with Crippen molar-refractivity contribution in [1.82, 2.24) is 9.97 Å². The Morgan fingerprint density at radius 2 is 1.79 bits per heavy atom. The molecule has 208 valence electrons. The molecule has 1 aliphatic heterocycles. The Morgan fingerprint density at radius 1 is 1.10 bits per heavy atom. The van der Waals surface area contributed by atoms with Crippen molar-refractivity contribution < 1.29 is 23.8 Å². The van der Waals surface area contributed by atoms with Gasteiger partial charge in [-0.25, -0.2) is 9.18 Å². The van der Waals surface area contributed by atoms with E-state index in [1.807, 2.05) is 33.8 Å². The van der Waals surface area contributed by atoms with Crippen molar-refractivity contribution in [1.29, 1.82) is 0 Å². The molecule has 4 rings (SSSR count). The zero-order valence-electron chi connectivity index (χ0n) is 23.6. The zero-order valence-corrected chi connectivity index (χ0v) is 23.6. The van der Waals surface area contributed by atoms with Crippen LogP contribution >= 0.6 is 0 Å². The second-order valence-corrected chi connectivity index (χ2v) is 11.9. The fraction of sp³-hybridized carbons (Fsp3) is 0.452. The molecule has 1 aliphatic rings. The van der Waals surface area contributed by atoms with Crippen molar-refractivity contribution in [3.05, 3.63) is 71.4 Å². The summed E-state index contributed by atoms with van der Waals surface area (Å²) < 4.78 is 25.9. The number of anilines is 1. The molecule has 0 radical (unpaired) electrons. The highest BCUT2D eigenvalue weighted by atomic mass is 19.1. The molecule has 39 heavy (non-hydrogen) atoms. The quantitative estimate of drug-likeness (QED) is 0.342. The van der Waals surface area contributed by atoms with Crippen LogP contribution in [0, 0.1) is 18.2 Å². The molecule has 8 heteroatoms. The van der Waals surface area contributed by atoms with E-state index in [0.717, 1.165) is 37.2 Å². The molecule has 0 spiro atoms. The normalized spacial score (nSPS) is 16.1. The van der Waals surface area contributed by atoms with Gasteiger partial charge in [-0.2, -0.15) is 0 Å². The molecule has 7 nitrogen and oxygen atoms in total. The van der Waals surface area contributed by atoms with Gasteiger partial charge in [0.15, 0.2) is 6.10 Å². The van der Waals surface area contributed by atoms with E-state index >= 15 is 0 Å². The fourth-order valence-corrected chi connectivity index (χ4v) is 4.77. The van der Waals surface area contributed by atoms with Gasteiger partial charge in [0.05, 0.1) is 23.2 Å². The third-order valence-corrected chi connectivity index (χ3v) is 7.04. The van der Waals surface area contributed by atoms with Crippen LogP contribution in [0.1, 0.15) is 70.4 Å². The van der Waals surface area contributed by atoms with Gasteiger partial charge in [-0.15, -0.1) is 0 Å². The Bertz CT molecular complexity index is 1310. The van der Waals surface area contributed by atoms with Gasteiger partial charge in [-0.1, -0.05) is 32.0 Å². The maximum atomic E-state index is 14.0. The first-order valence-electron chi connectivity index (χ1n) is 13.3. The third kappa shape index (κ3) is 6.92. The lowest BCUT2D eigenvalue weighted by Crippen LogP contribution is -2.39. The van der Waals surface area contributed by atoms with Crippen molar-refractivity contribution in [3.8, 4) is 17.0 Å². The van der Waals surface area contributed by atoms with Crippen molar-refractivity contribution in [2.24, 2.45) is 5.41 Å².